The van der Waals surface area contributed by atoms with E-state index >= 15 is 0 Å². The molecule has 2 atom stereocenters. The van der Waals surface area contributed by atoms with Gasteiger partial charge in [0.05, 0.1) is 18.3 Å². The van der Waals surface area contributed by atoms with Crippen molar-refractivity contribution >= 4 is 11.9 Å². The molecule has 0 unspecified atom stereocenters. The van der Waals surface area contributed by atoms with Gasteiger partial charge in [0.15, 0.2) is 0 Å². The largest absolute Gasteiger partial charge is 0.481 e. The van der Waals surface area contributed by atoms with Gasteiger partial charge in [-0.05, 0) is 36.8 Å². The van der Waals surface area contributed by atoms with Crippen molar-refractivity contribution in [2.75, 3.05) is 0 Å². The van der Waals surface area contributed by atoms with Gasteiger partial charge >= 0.3 is 5.97 Å². The molecule has 132 valence electrons. The van der Waals surface area contributed by atoms with Crippen LogP contribution >= 0.6 is 0 Å². The summed E-state index contributed by atoms with van der Waals surface area (Å²) < 4.78 is 1.83. The third-order valence-electron chi connectivity index (χ3n) is 4.27. The lowest BCUT2D eigenvalue weighted by atomic mass is 9.94. The van der Waals surface area contributed by atoms with Gasteiger partial charge in [0, 0.05) is 23.6 Å². The molecule has 6 heteroatoms. The van der Waals surface area contributed by atoms with Gasteiger partial charge in [-0.25, -0.2) is 4.98 Å². The van der Waals surface area contributed by atoms with Crippen LogP contribution in [0.2, 0.25) is 0 Å². The summed E-state index contributed by atoms with van der Waals surface area (Å²) in [4.78, 5) is 28.1. The van der Waals surface area contributed by atoms with E-state index in [1.807, 2.05) is 53.2 Å². The Hall–Kier alpha value is -3.41. The molecule has 1 aromatic heterocycles. The second kappa shape index (κ2) is 7.65. The van der Waals surface area contributed by atoms with Crippen molar-refractivity contribution in [3.63, 3.8) is 0 Å². The Morgan fingerprint density at radius 1 is 1.08 bits per heavy atom. The van der Waals surface area contributed by atoms with E-state index in [1.54, 1.807) is 31.6 Å². The number of aromatic nitrogens is 2. The summed E-state index contributed by atoms with van der Waals surface area (Å²) in [5.74, 6) is -2.04. The van der Waals surface area contributed by atoms with Crippen LogP contribution in [0.4, 0.5) is 0 Å². The summed E-state index contributed by atoms with van der Waals surface area (Å²) in [6.45, 7) is 1.59. The van der Waals surface area contributed by atoms with Gasteiger partial charge in [-0.3, -0.25) is 9.59 Å². The smallest absolute Gasteiger partial charge is 0.308 e. The van der Waals surface area contributed by atoms with Gasteiger partial charge in [-0.1, -0.05) is 30.3 Å². The van der Waals surface area contributed by atoms with E-state index in [1.165, 1.54) is 0 Å². The van der Waals surface area contributed by atoms with Gasteiger partial charge in [-0.15, -0.1) is 0 Å². The molecule has 0 bridgehead atoms. The number of hydrogen-bond donors (Lipinski definition) is 2. The third kappa shape index (κ3) is 3.80. The van der Waals surface area contributed by atoms with Gasteiger partial charge in [0.1, 0.15) is 0 Å². The number of rotatable bonds is 6. The van der Waals surface area contributed by atoms with E-state index in [-0.39, 0.29) is 5.91 Å². The molecule has 0 aliphatic rings. The number of imidazole rings is 1. The Morgan fingerprint density at radius 3 is 2.35 bits per heavy atom. The Balaban J connectivity index is 1.80. The van der Waals surface area contributed by atoms with E-state index < -0.39 is 17.9 Å². The van der Waals surface area contributed by atoms with Crippen LogP contribution in [0.3, 0.4) is 0 Å². The zero-order chi connectivity index (χ0) is 18.5. The normalized spacial score (nSPS) is 13.0. The number of nitrogens with zero attached hydrogens (tertiary/aromatic N) is 2. The van der Waals surface area contributed by atoms with Gasteiger partial charge in [0.2, 0.25) is 0 Å². The second-order valence-electron chi connectivity index (χ2n) is 6.01. The predicted molar refractivity (Wildman–Crippen MR) is 97.0 cm³/mol. The SMILES string of the molecule is C[C@@H](C(=O)O)[C@H](NC(=O)c1ccc(-n2ccnc2)cc1)c1ccccc1. The highest BCUT2D eigenvalue weighted by atomic mass is 16.4. The molecule has 26 heavy (non-hydrogen) atoms. The van der Waals surface area contributed by atoms with Crippen LogP contribution in [0.15, 0.2) is 73.3 Å². The quantitative estimate of drug-likeness (QED) is 0.716. The Labute approximate surface area is 151 Å². The Bertz CT molecular complexity index is 874. The van der Waals surface area contributed by atoms with Crippen molar-refractivity contribution in [3.05, 3.63) is 84.4 Å². The van der Waals surface area contributed by atoms with Crippen molar-refractivity contribution in [2.24, 2.45) is 5.92 Å². The van der Waals surface area contributed by atoms with E-state index in [4.69, 9.17) is 0 Å². The number of aliphatic carboxylic acids is 1. The number of carboxylic acids is 1. The lowest BCUT2D eigenvalue weighted by molar-refractivity contribution is -0.142. The fourth-order valence-corrected chi connectivity index (χ4v) is 2.72. The highest BCUT2D eigenvalue weighted by molar-refractivity contribution is 5.95. The molecular formula is C20H19N3O3. The first kappa shape index (κ1) is 17.4. The summed E-state index contributed by atoms with van der Waals surface area (Å²) in [5, 5.41) is 12.2. The molecule has 0 spiro atoms. The fraction of sp³-hybridized carbons (Fsp3) is 0.150. The second-order valence-corrected chi connectivity index (χ2v) is 6.01. The molecule has 1 amide bonds. The van der Waals surface area contributed by atoms with Gasteiger partial charge in [0.25, 0.3) is 5.91 Å². The first-order valence-electron chi connectivity index (χ1n) is 8.23. The van der Waals surface area contributed by atoms with Crippen molar-refractivity contribution in [3.8, 4) is 5.69 Å². The summed E-state index contributed by atoms with van der Waals surface area (Å²) in [7, 11) is 0. The number of carboxylic acid groups (broad SMARTS) is 1. The molecule has 6 nitrogen and oxygen atoms in total. The molecule has 0 radical (unpaired) electrons. The Kier molecular flexibility index (Phi) is 5.12. The van der Waals surface area contributed by atoms with Gasteiger partial charge in [-0.2, -0.15) is 0 Å². The van der Waals surface area contributed by atoms with E-state index in [2.05, 4.69) is 10.3 Å². The van der Waals surface area contributed by atoms with E-state index in [0.717, 1.165) is 11.3 Å². The van der Waals surface area contributed by atoms with Crippen LogP contribution in [-0.4, -0.2) is 26.5 Å². The van der Waals surface area contributed by atoms with Crippen LogP contribution in [-0.2, 0) is 4.79 Å². The number of benzene rings is 2. The standard InChI is InChI=1S/C20H19N3O3/c1-14(20(25)26)18(15-5-3-2-4-6-15)22-19(24)16-7-9-17(10-8-16)23-12-11-21-13-23/h2-14,18H,1H3,(H,22,24)(H,25,26)/t14-,18+/m1/s1. The number of nitrogens with one attached hydrogen (secondary N) is 1. The zero-order valence-electron chi connectivity index (χ0n) is 14.2. The molecule has 0 saturated heterocycles. The first-order valence-corrected chi connectivity index (χ1v) is 8.23. The topological polar surface area (TPSA) is 84.2 Å². The highest BCUT2D eigenvalue weighted by Gasteiger charge is 2.27. The van der Waals surface area contributed by atoms with Gasteiger partial charge < -0.3 is 15.0 Å². The lowest BCUT2D eigenvalue weighted by Crippen LogP contribution is -2.35. The van der Waals surface area contributed by atoms with Crippen LogP contribution < -0.4 is 5.32 Å². The summed E-state index contributed by atoms with van der Waals surface area (Å²) in [6, 6.07) is 15.5. The molecule has 0 aliphatic carbocycles. The van der Waals surface area contributed by atoms with Crippen LogP contribution in [0.25, 0.3) is 5.69 Å². The zero-order valence-corrected chi connectivity index (χ0v) is 14.2. The average Bonchev–Trinajstić information content (AvgIpc) is 3.21. The van der Waals surface area contributed by atoms with Crippen molar-refractivity contribution < 1.29 is 14.7 Å². The molecule has 1 heterocycles. The maximum absolute atomic E-state index is 12.6. The van der Waals surface area contributed by atoms with E-state index in [9.17, 15) is 14.7 Å². The summed E-state index contributed by atoms with van der Waals surface area (Å²) in [6.07, 6.45) is 5.17. The summed E-state index contributed by atoms with van der Waals surface area (Å²) >= 11 is 0. The predicted octanol–water partition coefficient (Wildman–Crippen LogP) is 3.06. The van der Waals surface area contributed by atoms with Crippen LogP contribution in [0.5, 0.6) is 0 Å². The molecule has 2 N–H and O–H groups in total. The monoisotopic (exact) mass is 349 g/mol. The molecule has 2 aromatic carbocycles. The number of hydrogen-bond acceptors (Lipinski definition) is 3. The van der Waals surface area contributed by atoms with Crippen LogP contribution in [0.1, 0.15) is 28.9 Å². The molecule has 3 rings (SSSR count). The fourth-order valence-electron chi connectivity index (χ4n) is 2.72. The molecular weight excluding hydrogens is 330 g/mol. The first-order chi connectivity index (χ1) is 12.6. The average molecular weight is 349 g/mol. The number of amides is 1. The Morgan fingerprint density at radius 2 is 1.77 bits per heavy atom. The molecule has 0 fully saturated rings. The minimum Gasteiger partial charge on any atom is -0.481 e. The van der Waals surface area contributed by atoms with Crippen molar-refractivity contribution in [1.29, 1.82) is 0 Å². The minimum atomic E-state index is -0.963. The molecule has 0 saturated carbocycles. The van der Waals surface area contributed by atoms with Crippen LogP contribution in [0, 0.1) is 5.92 Å². The maximum atomic E-state index is 12.6. The number of carbonyl (C=O) groups is 2. The lowest BCUT2D eigenvalue weighted by Gasteiger charge is -2.23. The molecule has 0 aliphatic heterocycles. The highest BCUT2D eigenvalue weighted by Crippen LogP contribution is 2.23. The van der Waals surface area contributed by atoms with Crippen molar-refractivity contribution in [1.82, 2.24) is 14.9 Å². The third-order valence-corrected chi connectivity index (χ3v) is 4.27. The van der Waals surface area contributed by atoms with E-state index in [0.29, 0.717) is 5.56 Å². The molecule has 3 aromatic rings. The summed E-state index contributed by atoms with van der Waals surface area (Å²) in [5.41, 5.74) is 2.11. The number of carbonyl (C=O) groups excluding carboxylic acids is 1. The van der Waals surface area contributed by atoms with Crippen molar-refractivity contribution in [2.45, 2.75) is 13.0 Å². The minimum absolute atomic E-state index is 0.316. The maximum Gasteiger partial charge on any atom is 0.308 e.